The van der Waals surface area contributed by atoms with Gasteiger partial charge in [0.15, 0.2) is 11.6 Å². The first-order valence-electron chi connectivity index (χ1n) is 9.89. The molecule has 0 saturated heterocycles. The van der Waals surface area contributed by atoms with E-state index in [1.54, 1.807) is 46.9 Å². The Morgan fingerprint density at radius 1 is 1.31 bits per heavy atom. The van der Waals surface area contributed by atoms with Crippen LogP contribution in [0.25, 0.3) is 16.7 Å². The number of aromatic nitrogens is 5. The molecule has 3 N–H and O–H groups in total. The number of fused-ring (bicyclic) bond motifs is 1. The highest BCUT2D eigenvalue weighted by Crippen LogP contribution is 2.28. The highest BCUT2D eigenvalue weighted by molar-refractivity contribution is 6.00. The summed E-state index contributed by atoms with van der Waals surface area (Å²) in [5.74, 6) is -0.607. The van der Waals surface area contributed by atoms with Crippen molar-refractivity contribution in [1.82, 2.24) is 24.3 Å². The van der Waals surface area contributed by atoms with Crippen molar-refractivity contribution in [2.75, 3.05) is 10.6 Å². The number of anilines is 3. The first-order chi connectivity index (χ1) is 15.3. The second-order valence-corrected chi connectivity index (χ2v) is 7.40. The van der Waals surface area contributed by atoms with E-state index in [1.165, 1.54) is 6.08 Å². The van der Waals surface area contributed by atoms with Crippen molar-refractivity contribution in [3.63, 3.8) is 0 Å². The van der Waals surface area contributed by atoms with Crippen LogP contribution in [-0.4, -0.2) is 41.4 Å². The molecule has 0 fully saturated rings. The number of benzene rings is 1. The molecule has 1 aromatic carbocycles. The molecule has 3 heterocycles. The van der Waals surface area contributed by atoms with Gasteiger partial charge in [-0.05, 0) is 43.7 Å². The molecule has 0 saturated carbocycles. The maximum Gasteiger partial charge on any atom is 0.247 e. The number of hydrogen-bond donors (Lipinski definition) is 3. The summed E-state index contributed by atoms with van der Waals surface area (Å²) in [6.45, 7) is 7.36. The summed E-state index contributed by atoms with van der Waals surface area (Å²) in [5.41, 5.74) is 2.84. The Bertz CT molecular complexity index is 1310. The zero-order valence-electron chi connectivity index (χ0n) is 17.6. The summed E-state index contributed by atoms with van der Waals surface area (Å²) in [6.07, 6.45) is 6.81. The van der Waals surface area contributed by atoms with Gasteiger partial charge in [0.1, 0.15) is 0 Å². The number of hydrogen-bond acceptors (Lipinski definition) is 6. The normalized spacial score (nSPS) is 12.0. The molecule has 0 aliphatic carbocycles. The monoisotopic (exact) mass is 435 g/mol. The van der Waals surface area contributed by atoms with Crippen LogP contribution in [-0.2, 0) is 11.3 Å². The lowest BCUT2D eigenvalue weighted by Gasteiger charge is -2.09. The zero-order valence-corrected chi connectivity index (χ0v) is 17.6. The smallest absolute Gasteiger partial charge is 0.247 e. The molecule has 1 atom stereocenters. The number of nitrogens with zero attached hydrogens (tertiary/aromatic N) is 5. The Morgan fingerprint density at radius 2 is 2.12 bits per heavy atom. The average Bonchev–Trinajstić information content (AvgIpc) is 3.32. The fraction of sp³-hybridized carbons (Fsp3) is 0.182. The number of carbonyl (C=O) groups excluding carboxylic acids is 1. The van der Waals surface area contributed by atoms with Gasteiger partial charge >= 0.3 is 0 Å². The minimum atomic E-state index is -0.582. The number of rotatable bonds is 7. The Hall–Kier alpha value is -4.05. The Labute approximate surface area is 183 Å². The second-order valence-electron chi connectivity index (χ2n) is 7.40. The maximum atomic E-state index is 14.7. The quantitative estimate of drug-likeness (QED) is 0.384. The third-order valence-corrected chi connectivity index (χ3v) is 4.75. The lowest BCUT2D eigenvalue weighted by molar-refractivity contribution is -0.111. The summed E-state index contributed by atoms with van der Waals surface area (Å²) in [4.78, 5) is 20.0. The number of nitrogens with one attached hydrogen (secondary N) is 2. The fourth-order valence-electron chi connectivity index (χ4n) is 3.36. The standard InChI is InChI=1S/C22H22FN7O2/c1-4-20(32)26-15-5-6-19-17(7-15)13(2)10-30(19)21-18(23)9-24-22(28-21)27-16-8-25-29(12-16)11-14(3)31/h4-10,12,14,31H,1,11H2,2-3H3,(H,26,32)(H,24,27,28)/t14-/m0/s1. The van der Waals surface area contributed by atoms with Crippen molar-refractivity contribution in [2.45, 2.75) is 26.5 Å². The topological polar surface area (TPSA) is 110 Å². The number of aryl methyl sites for hydroxylation is 1. The van der Waals surface area contributed by atoms with Crippen molar-refractivity contribution < 1.29 is 14.3 Å². The van der Waals surface area contributed by atoms with Gasteiger partial charge in [0.25, 0.3) is 0 Å². The van der Waals surface area contributed by atoms with Crippen LogP contribution in [0.15, 0.2) is 55.6 Å². The molecule has 3 aromatic heterocycles. The Balaban J connectivity index is 1.67. The molecule has 10 heteroatoms. The molecule has 4 rings (SSSR count). The first kappa shape index (κ1) is 21.2. The van der Waals surface area contributed by atoms with Gasteiger partial charge in [-0.1, -0.05) is 6.58 Å². The van der Waals surface area contributed by atoms with Gasteiger partial charge in [-0.2, -0.15) is 10.1 Å². The molecular formula is C22H22FN7O2. The predicted octanol–water partition coefficient (Wildman–Crippen LogP) is 3.31. The highest BCUT2D eigenvalue weighted by Gasteiger charge is 2.15. The molecule has 0 aliphatic heterocycles. The van der Waals surface area contributed by atoms with E-state index in [9.17, 15) is 14.3 Å². The largest absolute Gasteiger partial charge is 0.391 e. The van der Waals surface area contributed by atoms with Gasteiger partial charge in [0.05, 0.1) is 36.2 Å². The third kappa shape index (κ3) is 4.35. The van der Waals surface area contributed by atoms with Crippen LogP contribution in [0.4, 0.5) is 21.7 Å². The van der Waals surface area contributed by atoms with E-state index < -0.39 is 11.9 Å². The first-order valence-corrected chi connectivity index (χ1v) is 9.89. The lowest BCUT2D eigenvalue weighted by atomic mass is 10.2. The van der Waals surface area contributed by atoms with E-state index in [0.717, 1.165) is 22.7 Å². The Kier molecular flexibility index (Phi) is 5.69. The van der Waals surface area contributed by atoms with Crippen molar-refractivity contribution in [3.8, 4) is 5.82 Å². The molecule has 164 valence electrons. The van der Waals surface area contributed by atoms with E-state index in [0.29, 0.717) is 17.9 Å². The highest BCUT2D eigenvalue weighted by atomic mass is 19.1. The van der Waals surface area contributed by atoms with Crippen LogP contribution in [0, 0.1) is 12.7 Å². The predicted molar refractivity (Wildman–Crippen MR) is 120 cm³/mol. The minimum absolute atomic E-state index is 0.0832. The summed E-state index contributed by atoms with van der Waals surface area (Å²) in [5, 5.41) is 20.2. The molecule has 0 radical (unpaired) electrons. The molecule has 1 amide bonds. The molecule has 0 unspecified atom stereocenters. The molecular weight excluding hydrogens is 413 g/mol. The number of aliphatic hydroxyl groups is 1. The van der Waals surface area contributed by atoms with Gasteiger partial charge in [-0.15, -0.1) is 0 Å². The summed E-state index contributed by atoms with van der Waals surface area (Å²) >= 11 is 0. The third-order valence-electron chi connectivity index (χ3n) is 4.75. The summed E-state index contributed by atoms with van der Waals surface area (Å²) in [7, 11) is 0. The zero-order chi connectivity index (χ0) is 22.8. The number of amides is 1. The molecule has 0 spiro atoms. The van der Waals surface area contributed by atoms with Crippen LogP contribution < -0.4 is 10.6 Å². The van der Waals surface area contributed by atoms with Crippen LogP contribution in [0.2, 0.25) is 0 Å². The molecule has 9 nitrogen and oxygen atoms in total. The van der Waals surface area contributed by atoms with Crippen LogP contribution in [0.5, 0.6) is 0 Å². The van der Waals surface area contributed by atoms with E-state index in [-0.39, 0.29) is 17.7 Å². The SMILES string of the molecule is C=CC(=O)Nc1ccc2c(c1)c(C)cn2-c1nc(Nc2cnn(C[C@H](C)O)c2)ncc1F. The van der Waals surface area contributed by atoms with Crippen molar-refractivity contribution in [1.29, 1.82) is 0 Å². The maximum absolute atomic E-state index is 14.7. The minimum Gasteiger partial charge on any atom is -0.391 e. The average molecular weight is 435 g/mol. The van der Waals surface area contributed by atoms with E-state index in [1.807, 2.05) is 13.0 Å². The Morgan fingerprint density at radius 3 is 2.88 bits per heavy atom. The second kappa shape index (κ2) is 8.60. The summed E-state index contributed by atoms with van der Waals surface area (Å²) in [6, 6.07) is 5.33. The van der Waals surface area contributed by atoms with E-state index in [4.69, 9.17) is 0 Å². The van der Waals surface area contributed by atoms with Gasteiger partial charge in [0, 0.05) is 23.5 Å². The fourth-order valence-corrected chi connectivity index (χ4v) is 3.36. The van der Waals surface area contributed by atoms with Crippen molar-refractivity contribution in [2.24, 2.45) is 0 Å². The number of aliphatic hydroxyl groups excluding tert-OH is 1. The summed E-state index contributed by atoms with van der Waals surface area (Å²) < 4.78 is 17.9. The lowest BCUT2D eigenvalue weighted by Crippen LogP contribution is -2.11. The van der Waals surface area contributed by atoms with Crippen molar-refractivity contribution >= 4 is 34.1 Å². The van der Waals surface area contributed by atoms with Gasteiger partial charge in [-0.25, -0.2) is 9.37 Å². The van der Waals surface area contributed by atoms with Crippen LogP contribution >= 0.6 is 0 Å². The molecule has 0 aliphatic rings. The molecule has 0 bridgehead atoms. The van der Waals surface area contributed by atoms with Gasteiger partial charge in [0.2, 0.25) is 11.9 Å². The van der Waals surface area contributed by atoms with Crippen LogP contribution in [0.1, 0.15) is 12.5 Å². The van der Waals surface area contributed by atoms with E-state index in [2.05, 4.69) is 32.3 Å². The molecule has 4 aromatic rings. The van der Waals surface area contributed by atoms with Crippen molar-refractivity contribution in [3.05, 3.63) is 67.0 Å². The number of halogens is 1. The van der Waals surface area contributed by atoms with Crippen LogP contribution in [0.3, 0.4) is 0 Å². The molecule has 32 heavy (non-hydrogen) atoms. The van der Waals surface area contributed by atoms with Gasteiger partial charge in [-0.3, -0.25) is 14.0 Å². The van der Waals surface area contributed by atoms with E-state index >= 15 is 0 Å². The number of carbonyl (C=O) groups is 1. The van der Waals surface area contributed by atoms with Gasteiger partial charge < -0.3 is 15.7 Å².